The summed E-state index contributed by atoms with van der Waals surface area (Å²) < 4.78 is 4.98. The van der Waals surface area contributed by atoms with Crippen LogP contribution < -0.4 is 11.3 Å². The van der Waals surface area contributed by atoms with Gasteiger partial charge < -0.3 is 4.52 Å². The minimum atomic E-state index is -0.432. The Labute approximate surface area is 92.7 Å². The van der Waals surface area contributed by atoms with Crippen LogP contribution in [0.15, 0.2) is 10.6 Å². The number of thioether (sulfide) groups is 1. The molecule has 0 fully saturated rings. The predicted molar refractivity (Wildman–Crippen MR) is 59.2 cm³/mol. The lowest BCUT2D eigenvalue weighted by atomic mass is 10.3. The Morgan fingerprint density at radius 3 is 3.07 bits per heavy atom. The van der Waals surface area contributed by atoms with Crippen molar-refractivity contribution in [2.45, 2.75) is 19.6 Å². The van der Waals surface area contributed by atoms with E-state index in [1.165, 1.54) is 0 Å². The molecule has 3 N–H and O–H groups in total. The number of rotatable bonds is 5. The van der Waals surface area contributed by atoms with Crippen molar-refractivity contribution in [1.82, 2.24) is 10.6 Å². The molecule has 1 aromatic heterocycles. The first kappa shape index (κ1) is 12.1. The summed E-state index contributed by atoms with van der Waals surface area (Å²) in [7, 11) is 0. The van der Waals surface area contributed by atoms with Crippen LogP contribution in [0.4, 0.5) is 0 Å². The van der Waals surface area contributed by atoms with Crippen molar-refractivity contribution in [2.75, 3.05) is 5.75 Å². The van der Waals surface area contributed by atoms with E-state index >= 15 is 0 Å². The topological polar surface area (TPSA) is 81.2 Å². The first-order valence-corrected chi connectivity index (χ1v) is 5.83. The van der Waals surface area contributed by atoms with Crippen LogP contribution in [0.5, 0.6) is 0 Å². The smallest absolute Gasteiger partial charge is 0.287 e. The molecule has 1 rings (SSSR count). The number of nitrogen functional groups attached to an aromatic ring is 1. The average Bonchev–Trinajstić information content (AvgIpc) is 2.65. The molecule has 15 heavy (non-hydrogen) atoms. The zero-order chi connectivity index (χ0) is 11.3. The number of hydrogen-bond donors (Lipinski definition) is 2. The third-order valence-corrected chi connectivity index (χ3v) is 3.01. The number of carbonyl (C=O) groups excluding carboxylic acids is 1. The maximum absolute atomic E-state index is 11.0. The fourth-order valence-corrected chi connectivity index (χ4v) is 1.88. The molecule has 0 spiro atoms. The molecule has 5 nitrogen and oxygen atoms in total. The Hall–Kier alpha value is -1.01. The molecule has 0 aliphatic rings. The minimum Gasteiger partial charge on any atom is -0.360 e. The standard InChI is InChI=1S/C9H15N3O2S/c1-6(2)4-15-5-7-3-8(12-14-7)9(13)11-10/h3,6H,4-5,10H2,1-2H3,(H,11,13). The van der Waals surface area contributed by atoms with Crippen LogP contribution in [0, 0.1) is 5.92 Å². The highest BCUT2D eigenvalue weighted by atomic mass is 32.2. The van der Waals surface area contributed by atoms with Gasteiger partial charge in [0.05, 0.1) is 5.75 Å². The predicted octanol–water partition coefficient (Wildman–Crippen LogP) is 1.17. The monoisotopic (exact) mass is 229 g/mol. The molecule has 0 unspecified atom stereocenters. The fraction of sp³-hybridized carbons (Fsp3) is 0.556. The highest BCUT2D eigenvalue weighted by molar-refractivity contribution is 7.98. The lowest BCUT2D eigenvalue weighted by Crippen LogP contribution is -2.30. The van der Waals surface area contributed by atoms with Gasteiger partial charge in [-0.1, -0.05) is 19.0 Å². The van der Waals surface area contributed by atoms with Gasteiger partial charge in [-0.15, -0.1) is 0 Å². The molecular weight excluding hydrogens is 214 g/mol. The van der Waals surface area contributed by atoms with Crippen LogP contribution in [0.25, 0.3) is 0 Å². The van der Waals surface area contributed by atoms with Crippen molar-refractivity contribution in [3.63, 3.8) is 0 Å². The largest absolute Gasteiger partial charge is 0.360 e. The van der Waals surface area contributed by atoms with E-state index in [-0.39, 0.29) is 5.69 Å². The van der Waals surface area contributed by atoms with E-state index in [1.807, 2.05) is 5.43 Å². The average molecular weight is 229 g/mol. The molecule has 6 heteroatoms. The second-order valence-corrected chi connectivity index (χ2v) is 4.59. The number of nitrogens with zero attached hydrogens (tertiary/aromatic N) is 1. The summed E-state index contributed by atoms with van der Waals surface area (Å²) in [6.45, 7) is 4.31. The zero-order valence-corrected chi connectivity index (χ0v) is 9.63. The Morgan fingerprint density at radius 2 is 2.47 bits per heavy atom. The molecule has 0 aromatic carbocycles. The first-order valence-electron chi connectivity index (χ1n) is 4.67. The molecule has 1 aromatic rings. The number of amides is 1. The third kappa shape index (κ3) is 3.93. The van der Waals surface area contributed by atoms with E-state index in [4.69, 9.17) is 10.4 Å². The summed E-state index contributed by atoms with van der Waals surface area (Å²) in [5, 5.41) is 3.60. The summed E-state index contributed by atoms with van der Waals surface area (Å²) in [5.41, 5.74) is 2.22. The van der Waals surface area contributed by atoms with Crippen molar-refractivity contribution in [3.05, 3.63) is 17.5 Å². The number of nitrogens with two attached hydrogens (primary N) is 1. The van der Waals surface area contributed by atoms with E-state index in [0.29, 0.717) is 11.7 Å². The first-order chi connectivity index (χ1) is 7.13. The lowest BCUT2D eigenvalue weighted by Gasteiger charge is -2.00. The number of carbonyl (C=O) groups is 1. The summed E-state index contributed by atoms with van der Waals surface area (Å²) in [5.74, 6) is 7.65. The zero-order valence-electron chi connectivity index (χ0n) is 8.82. The van der Waals surface area contributed by atoms with E-state index in [0.717, 1.165) is 11.5 Å². The second-order valence-electron chi connectivity index (χ2n) is 3.56. The lowest BCUT2D eigenvalue weighted by molar-refractivity contribution is 0.0944. The van der Waals surface area contributed by atoms with Crippen LogP contribution in [-0.4, -0.2) is 16.8 Å². The molecule has 0 bridgehead atoms. The Balaban J connectivity index is 2.43. The van der Waals surface area contributed by atoms with Gasteiger partial charge in [0.15, 0.2) is 5.69 Å². The van der Waals surface area contributed by atoms with Gasteiger partial charge in [0, 0.05) is 6.07 Å². The number of nitrogens with one attached hydrogen (secondary N) is 1. The molecule has 84 valence electrons. The van der Waals surface area contributed by atoms with Gasteiger partial charge in [-0.05, 0) is 11.7 Å². The van der Waals surface area contributed by atoms with E-state index < -0.39 is 5.91 Å². The van der Waals surface area contributed by atoms with E-state index in [1.54, 1.807) is 17.8 Å². The summed E-state index contributed by atoms with van der Waals surface area (Å²) in [4.78, 5) is 11.0. The van der Waals surface area contributed by atoms with E-state index in [2.05, 4.69) is 19.0 Å². The van der Waals surface area contributed by atoms with Crippen molar-refractivity contribution in [3.8, 4) is 0 Å². The third-order valence-electron chi connectivity index (χ3n) is 1.62. The molecule has 0 aliphatic heterocycles. The molecule has 1 heterocycles. The highest BCUT2D eigenvalue weighted by Gasteiger charge is 2.10. The van der Waals surface area contributed by atoms with Crippen molar-refractivity contribution in [2.24, 2.45) is 11.8 Å². The Bertz CT molecular complexity index is 325. The molecule has 0 radical (unpaired) electrons. The molecule has 1 amide bonds. The van der Waals surface area contributed by atoms with Gasteiger partial charge in [-0.2, -0.15) is 11.8 Å². The normalized spacial score (nSPS) is 10.7. The van der Waals surface area contributed by atoms with Crippen LogP contribution in [0.2, 0.25) is 0 Å². The van der Waals surface area contributed by atoms with Crippen LogP contribution >= 0.6 is 11.8 Å². The van der Waals surface area contributed by atoms with Gasteiger partial charge in [-0.3, -0.25) is 10.2 Å². The Kier molecular flexibility index (Phi) is 4.64. The molecular formula is C9H15N3O2S. The summed E-state index contributed by atoms with van der Waals surface area (Å²) >= 11 is 1.75. The Morgan fingerprint density at radius 1 is 1.73 bits per heavy atom. The number of hydrogen-bond acceptors (Lipinski definition) is 5. The maximum Gasteiger partial charge on any atom is 0.287 e. The van der Waals surface area contributed by atoms with Crippen molar-refractivity contribution in [1.29, 1.82) is 0 Å². The number of aromatic nitrogens is 1. The highest BCUT2D eigenvalue weighted by Crippen LogP contribution is 2.15. The number of hydrazine groups is 1. The van der Waals surface area contributed by atoms with Gasteiger partial charge in [0.2, 0.25) is 0 Å². The molecule has 0 atom stereocenters. The van der Waals surface area contributed by atoms with Gasteiger partial charge >= 0.3 is 0 Å². The molecule has 0 saturated carbocycles. The second kappa shape index (κ2) is 5.77. The maximum atomic E-state index is 11.0. The van der Waals surface area contributed by atoms with Gasteiger partial charge in [-0.25, -0.2) is 5.84 Å². The quantitative estimate of drug-likeness (QED) is 0.450. The molecule has 0 saturated heterocycles. The molecule has 0 aliphatic carbocycles. The summed E-state index contributed by atoms with van der Waals surface area (Å²) in [6.07, 6.45) is 0. The van der Waals surface area contributed by atoms with Crippen LogP contribution in [0.3, 0.4) is 0 Å². The van der Waals surface area contributed by atoms with Crippen molar-refractivity contribution < 1.29 is 9.32 Å². The summed E-state index contributed by atoms with van der Waals surface area (Å²) in [6, 6.07) is 1.61. The fourth-order valence-electron chi connectivity index (χ4n) is 0.957. The minimum absolute atomic E-state index is 0.220. The van der Waals surface area contributed by atoms with Gasteiger partial charge in [0.1, 0.15) is 5.76 Å². The van der Waals surface area contributed by atoms with Crippen LogP contribution in [-0.2, 0) is 5.75 Å². The van der Waals surface area contributed by atoms with Crippen LogP contribution in [0.1, 0.15) is 30.1 Å². The SMILES string of the molecule is CC(C)CSCc1cc(C(=O)NN)no1. The van der Waals surface area contributed by atoms with Crippen molar-refractivity contribution >= 4 is 17.7 Å². The van der Waals surface area contributed by atoms with Gasteiger partial charge in [0.25, 0.3) is 5.91 Å². The van der Waals surface area contributed by atoms with E-state index in [9.17, 15) is 4.79 Å².